The van der Waals surface area contributed by atoms with Crippen molar-refractivity contribution in [1.29, 1.82) is 0 Å². The number of hydrogen-bond acceptors (Lipinski definition) is 7. The average molecular weight is 313 g/mol. The molecule has 1 N–H and O–H groups in total. The third-order valence-corrected chi connectivity index (χ3v) is 2.88. The third kappa shape index (κ3) is 6.29. The SMILES string of the molecule is COc1cc(C(=O)OCCCCCCO[N+](=O)[O-])ccc1O. The second-order valence-corrected chi connectivity index (χ2v) is 4.49. The topological polar surface area (TPSA) is 108 Å². The quantitative estimate of drug-likeness (QED) is 0.305. The molecule has 0 heterocycles. The first kappa shape index (κ1) is 17.5. The van der Waals surface area contributed by atoms with Gasteiger partial charge >= 0.3 is 5.97 Å². The van der Waals surface area contributed by atoms with Crippen molar-refractivity contribution in [2.24, 2.45) is 0 Å². The minimum Gasteiger partial charge on any atom is -0.504 e. The van der Waals surface area contributed by atoms with Gasteiger partial charge in [0.05, 0.1) is 25.9 Å². The Bertz CT molecular complexity index is 504. The number of unbranched alkanes of at least 4 members (excludes halogenated alkanes) is 3. The molecule has 0 saturated carbocycles. The van der Waals surface area contributed by atoms with Crippen molar-refractivity contribution in [1.82, 2.24) is 0 Å². The molecule has 1 aromatic carbocycles. The molecule has 0 fully saturated rings. The molecule has 0 saturated heterocycles. The number of benzene rings is 1. The standard InChI is InChI=1S/C14H19NO7/c1-20-13-10-11(6-7-12(13)16)14(17)21-8-4-2-3-5-9-22-15(18)19/h6-7,10,16H,2-5,8-9H2,1H3. The lowest BCUT2D eigenvalue weighted by Crippen LogP contribution is -2.07. The van der Waals surface area contributed by atoms with Gasteiger partial charge in [0, 0.05) is 0 Å². The van der Waals surface area contributed by atoms with Crippen LogP contribution in [0.1, 0.15) is 36.0 Å². The summed E-state index contributed by atoms with van der Waals surface area (Å²) in [6.07, 6.45) is 2.80. The molecule has 0 bridgehead atoms. The number of esters is 1. The number of carbonyl (C=O) groups is 1. The normalized spacial score (nSPS) is 10.0. The predicted octanol–water partition coefficient (Wildman–Crippen LogP) is 2.33. The molecule has 0 unspecified atom stereocenters. The molecule has 1 rings (SSSR count). The Hall–Kier alpha value is -2.51. The van der Waals surface area contributed by atoms with Gasteiger partial charge in [0.25, 0.3) is 5.09 Å². The zero-order valence-electron chi connectivity index (χ0n) is 12.3. The van der Waals surface area contributed by atoms with Gasteiger partial charge in [-0.05, 0) is 37.5 Å². The van der Waals surface area contributed by atoms with Crippen molar-refractivity contribution in [3.63, 3.8) is 0 Å². The molecular formula is C14H19NO7. The first-order valence-corrected chi connectivity index (χ1v) is 6.86. The fraction of sp³-hybridized carbons (Fsp3) is 0.500. The van der Waals surface area contributed by atoms with Crippen LogP contribution in [0.3, 0.4) is 0 Å². The van der Waals surface area contributed by atoms with Crippen LogP contribution in [-0.4, -0.2) is 36.5 Å². The van der Waals surface area contributed by atoms with Crippen LogP contribution in [0.5, 0.6) is 11.5 Å². The summed E-state index contributed by atoms with van der Waals surface area (Å²) in [7, 11) is 1.40. The summed E-state index contributed by atoms with van der Waals surface area (Å²) in [4.78, 5) is 25.9. The Morgan fingerprint density at radius 1 is 1.23 bits per heavy atom. The molecular weight excluding hydrogens is 294 g/mol. The second kappa shape index (κ2) is 9.43. The van der Waals surface area contributed by atoms with Crippen LogP contribution in [0.4, 0.5) is 0 Å². The predicted molar refractivity (Wildman–Crippen MR) is 76.4 cm³/mol. The number of methoxy groups -OCH3 is 1. The lowest BCUT2D eigenvalue weighted by Gasteiger charge is -2.07. The number of phenolic OH excluding ortho intramolecular Hbond substituents is 1. The molecule has 122 valence electrons. The molecule has 8 heteroatoms. The van der Waals surface area contributed by atoms with E-state index in [9.17, 15) is 20.0 Å². The van der Waals surface area contributed by atoms with Gasteiger partial charge in [-0.15, -0.1) is 10.1 Å². The Morgan fingerprint density at radius 2 is 1.91 bits per heavy atom. The summed E-state index contributed by atoms with van der Waals surface area (Å²) in [6, 6.07) is 4.23. The molecule has 0 aliphatic heterocycles. The second-order valence-electron chi connectivity index (χ2n) is 4.49. The molecule has 0 aliphatic rings. The number of hydrogen-bond donors (Lipinski definition) is 1. The summed E-state index contributed by atoms with van der Waals surface area (Å²) in [5.74, 6) is -0.328. The van der Waals surface area contributed by atoms with Crippen molar-refractivity contribution >= 4 is 5.97 Å². The van der Waals surface area contributed by atoms with Crippen molar-refractivity contribution in [2.45, 2.75) is 25.7 Å². The fourth-order valence-electron chi connectivity index (χ4n) is 1.75. The highest BCUT2D eigenvalue weighted by Gasteiger charge is 2.10. The molecule has 0 amide bonds. The van der Waals surface area contributed by atoms with Crippen LogP contribution in [0.2, 0.25) is 0 Å². The Labute approximate surface area is 127 Å². The number of aromatic hydroxyl groups is 1. The van der Waals surface area contributed by atoms with E-state index in [0.717, 1.165) is 12.8 Å². The van der Waals surface area contributed by atoms with E-state index >= 15 is 0 Å². The van der Waals surface area contributed by atoms with Gasteiger partial charge in [0.2, 0.25) is 0 Å². The third-order valence-electron chi connectivity index (χ3n) is 2.88. The largest absolute Gasteiger partial charge is 0.504 e. The summed E-state index contributed by atoms with van der Waals surface area (Å²) in [5, 5.41) is 18.5. The van der Waals surface area contributed by atoms with Crippen molar-refractivity contribution in [3.8, 4) is 11.5 Å². The maximum Gasteiger partial charge on any atom is 0.338 e. The smallest absolute Gasteiger partial charge is 0.338 e. The number of carbonyl (C=O) groups excluding carboxylic acids is 1. The van der Waals surface area contributed by atoms with E-state index in [4.69, 9.17) is 9.47 Å². The Morgan fingerprint density at radius 3 is 2.55 bits per heavy atom. The lowest BCUT2D eigenvalue weighted by molar-refractivity contribution is -0.757. The number of rotatable bonds is 10. The van der Waals surface area contributed by atoms with Crippen LogP contribution >= 0.6 is 0 Å². The van der Waals surface area contributed by atoms with E-state index in [-0.39, 0.29) is 24.7 Å². The van der Waals surface area contributed by atoms with Crippen molar-refractivity contribution in [3.05, 3.63) is 33.9 Å². The Balaban J connectivity index is 2.19. The van der Waals surface area contributed by atoms with Crippen LogP contribution in [0.25, 0.3) is 0 Å². The number of ether oxygens (including phenoxy) is 2. The highest BCUT2D eigenvalue weighted by molar-refractivity contribution is 5.90. The number of nitrogens with zero attached hydrogens (tertiary/aromatic N) is 1. The van der Waals surface area contributed by atoms with Gasteiger partial charge in [0.1, 0.15) is 0 Å². The minimum absolute atomic E-state index is 0.0454. The van der Waals surface area contributed by atoms with Gasteiger partial charge < -0.3 is 19.4 Å². The van der Waals surface area contributed by atoms with Gasteiger partial charge in [0.15, 0.2) is 11.5 Å². The molecule has 0 spiro atoms. The lowest BCUT2D eigenvalue weighted by atomic mass is 10.2. The zero-order valence-corrected chi connectivity index (χ0v) is 12.3. The number of phenols is 1. The van der Waals surface area contributed by atoms with E-state index in [0.29, 0.717) is 18.4 Å². The fourth-order valence-corrected chi connectivity index (χ4v) is 1.75. The van der Waals surface area contributed by atoms with E-state index in [2.05, 4.69) is 4.84 Å². The van der Waals surface area contributed by atoms with E-state index in [1.54, 1.807) is 0 Å². The average Bonchev–Trinajstić information content (AvgIpc) is 2.49. The van der Waals surface area contributed by atoms with E-state index < -0.39 is 11.1 Å². The van der Waals surface area contributed by atoms with Gasteiger partial charge in [-0.2, -0.15) is 0 Å². The monoisotopic (exact) mass is 313 g/mol. The maximum absolute atomic E-state index is 11.8. The first-order chi connectivity index (χ1) is 10.5. The van der Waals surface area contributed by atoms with Gasteiger partial charge in [-0.1, -0.05) is 6.42 Å². The molecule has 0 aliphatic carbocycles. The van der Waals surface area contributed by atoms with E-state index in [1.165, 1.54) is 25.3 Å². The minimum atomic E-state index is -0.812. The van der Waals surface area contributed by atoms with Crippen molar-refractivity contribution in [2.75, 3.05) is 20.3 Å². The zero-order chi connectivity index (χ0) is 16.4. The summed E-state index contributed by atoms with van der Waals surface area (Å²) >= 11 is 0. The van der Waals surface area contributed by atoms with Gasteiger partial charge in [-0.25, -0.2) is 4.79 Å². The summed E-state index contributed by atoms with van der Waals surface area (Å²) < 4.78 is 10.0. The van der Waals surface area contributed by atoms with Crippen molar-refractivity contribution < 1.29 is 29.3 Å². The van der Waals surface area contributed by atoms with Crippen LogP contribution in [0.15, 0.2) is 18.2 Å². The first-order valence-electron chi connectivity index (χ1n) is 6.86. The summed E-state index contributed by atoms with van der Waals surface area (Å²) in [6.45, 7) is 0.345. The van der Waals surface area contributed by atoms with Crippen LogP contribution in [-0.2, 0) is 9.57 Å². The Kier molecular flexibility index (Phi) is 7.52. The van der Waals surface area contributed by atoms with Crippen LogP contribution in [0, 0.1) is 10.1 Å². The summed E-state index contributed by atoms with van der Waals surface area (Å²) in [5.41, 5.74) is 0.300. The van der Waals surface area contributed by atoms with E-state index in [1.807, 2.05) is 0 Å². The highest BCUT2D eigenvalue weighted by Crippen LogP contribution is 2.26. The highest BCUT2D eigenvalue weighted by atomic mass is 16.9. The molecule has 22 heavy (non-hydrogen) atoms. The molecule has 0 radical (unpaired) electrons. The van der Waals surface area contributed by atoms with Crippen LogP contribution < -0.4 is 4.74 Å². The molecule has 0 aromatic heterocycles. The maximum atomic E-state index is 11.8. The van der Waals surface area contributed by atoms with Gasteiger partial charge in [-0.3, -0.25) is 0 Å². The molecule has 0 atom stereocenters. The molecule has 1 aromatic rings. The molecule has 8 nitrogen and oxygen atoms in total.